The fourth-order valence-corrected chi connectivity index (χ4v) is 5.32. The zero-order valence-electron chi connectivity index (χ0n) is 19.8. The summed E-state index contributed by atoms with van der Waals surface area (Å²) in [6.45, 7) is 2.01. The Morgan fingerprint density at radius 1 is 0.971 bits per heavy atom. The molecule has 0 bridgehead atoms. The van der Waals surface area contributed by atoms with Gasteiger partial charge in [0.15, 0.2) is 0 Å². The maximum absolute atomic E-state index is 12.9. The number of ether oxygens (including phenoxy) is 1. The van der Waals surface area contributed by atoms with Gasteiger partial charge in [-0.15, -0.1) is 0 Å². The molecule has 0 N–H and O–H groups in total. The summed E-state index contributed by atoms with van der Waals surface area (Å²) in [6.07, 6.45) is 3.51. The van der Waals surface area contributed by atoms with Crippen LogP contribution < -0.4 is 4.74 Å². The van der Waals surface area contributed by atoms with E-state index < -0.39 is 16.1 Å². The largest absolute Gasteiger partial charge is 0.496 e. The van der Waals surface area contributed by atoms with Crippen molar-refractivity contribution < 1.29 is 13.2 Å². The van der Waals surface area contributed by atoms with E-state index in [0.717, 1.165) is 33.7 Å². The van der Waals surface area contributed by atoms with E-state index in [-0.39, 0.29) is 0 Å². The lowest BCUT2D eigenvalue weighted by Crippen LogP contribution is -2.26. The second-order valence-electron chi connectivity index (χ2n) is 8.59. The monoisotopic (exact) mass is 486 g/mol. The van der Waals surface area contributed by atoms with E-state index in [2.05, 4.69) is 5.10 Å². The number of aromatic nitrogens is 2. The lowest BCUT2D eigenvalue weighted by atomic mass is 9.96. The molecule has 7 nitrogen and oxygen atoms in total. The third-order valence-corrected chi connectivity index (χ3v) is 7.06. The third-order valence-electron chi connectivity index (χ3n) is 6.05. The van der Waals surface area contributed by atoms with Crippen LogP contribution in [0.5, 0.6) is 5.75 Å². The number of methoxy groups -OCH3 is 1. The average molecular weight is 487 g/mol. The Kier molecular flexibility index (Phi) is 5.90. The van der Waals surface area contributed by atoms with Gasteiger partial charge in [-0.3, -0.25) is 0 Å². The molecule has 0 unspecified atom stereocenters. The van der Waals surface area contributed by atoms with Gasteiger partial charge in [-0.05, 0) is 36.8 Å². The minimum absolute atomic E-state index is 0.430. The molecule has 0 saturated heterocycles. The number of hydrogen-bond donors (Lipinski definition) is 0. The van der Waals surface area contributed by atoms with Crippen molar-refractivity contribution in [3.8, 4) is 22.7 Å². The molecule has 1 aliphatic rings. The number of hydrogen-bond acceptors (Lipinski definition) is 5. The van der Waals surface area contributed by atoms with Gasteiger partial charge in [0.1, 0.15) is 11.4 Å². The molecule has 0 spiro atoms. The molecular formula is C27H26N4O3S. The van der Waals surface area contributed by atoms with Gasteiger partial charge in [-0.25, -0.2) is 13.1 Å². The third kappa shape index (κ3) is 4.44. The number of nitrogens with zero attached hydrogens (tertiary/aromatic N) is 4. The highest BCUT2D eigenvalue weighted by atomic mass is 32.2. The van der Waals surface area contributed by atoms with Crippen LogP contribution in [-0.4, -0.2) is 41.7 Å². The van der Waals surface area contributed by atoms with E-state index in [9.17, 15) is 8.42 Å². The SMILES string of the molecule is COc1ccccc1-c1nn(-c2ccccc2)cc1[C@H]1CC(c2cccc(C)c2)=NN1S(C)(=O)=O. The van der Waals surface area contributed by atoms with Gasteiger partial charge in [0.05, 0.1) is 30.8 Å². The van der Waals surface area contributed by atoms with Crippen molar-refractivity contribution in [2.24, 2.45) is 5.10 Å². The van der Waals surface area contributed by atoms with Crippen molar-refractivity contribution in [3.63, 3.8) is 0 Å². The van der Waals surface area contributed by atoms with Crippen LogP contribution in [0.4, 0.5) is 0 Å². The van der Waals surface area contributed by atoms with E-state index in [1.54, 1.807) is 11.8 Å². The highest BCUT2D eigenvalue weighted by Crippen LogP contribution is 2.41. The Balaban J connectivity index is 1.68. The zero-order valence-corrected chi connectivity index (χ0v) is 20.6. The molecule has 178 valence electrons. The van der Waals surface area contributed by atoms with Crippen molar-refractivity contribution in [1.29, 1.82) is 0 Å². The van der Waals surface area contributed by atoms with Crippen LogP contribution in [0.3, 0.4) is 0 Å². The van der Waals surface area contributed by atoms with Crippen LogP contribution in [0.15, 0.2) is 90.2 Å². The summed E-state index contributed by atoms with van der Waals surface area (Å²) in [5.41, 5.74) is 5.81. The molecule has 8 heteroatoms. The first-order valence-corrected chi connectivity index (χ1v) is 13.1. The second-order valence-corrected chi connectivity index (χ2v) is 10.4. The molecule has 3 aromatic carbocycles. The van der Waals surface area contributed by atoms with E-state index in [1.807, 2.05) is 92.0 Å². The first-order valence-electron chi connectivity index (χ1n) is 11.3. The highest BCUT2D eigenvalue weighted by molar-refractivity contribution is 7.88. The maximum atomic E-state index is 12.9. The molecule has 1 aliphatic heterocycles. The molecule has 1 atom stereocenters. The molecule has 4 aromatic rings. The molecule has 0 radical (unpaired) electrons. The lowest BCUT2D eigenvalue weighted by molar-refractivity contribution is 0.375. The number of aryl methyl sites for hydroxylation is 1. The summed E-state index contributed by atoms with van der Waals surface area (Å²) >= 11 is 0. The fourth-order valence-electron chi connectivity index (χ4n) is 4.42. The van der Waals surface area contributed by atoms with Gasteiger partial charge in [0, 0.05) is 23.7 Å². The fraction of sp³-hybridized carbons (Fsp3) is 0.185. The topological polar surface area (TPSA) is 76.8 Å². The number of sulfonamides is 1. The van der Waals surface area contributed by atoms with Crippen LogP contribution in [0.2, 0.25) is 0 Å². The van der Waals surface area contributed by atoms with Gasteiger partial charge in [-0.1, -0.05) is 60.2 Å². The Hall–Kier alpha value is -3.91. The number of hydrazone groups is 1. The summed E-state index contributed by atoms with van der Waals surface area (Å²) in [4.78, 5) is 0. The van der Waals surface area contributed by atoms with Crippen molar-refractivity contribution in [2.75, 3.05) is 13.4 Å². The Morgan fingerprint density at radius 2 is 1.71 bits per heavy atom. The summed E-state index contributed by atoms with van der Waals surface area (Å²) in [6, 6.07) is 24.8. The van der Waals surface area contributed by atoms with Crippen molar-refractivity contribution >= 4 is 15.7 Å². The summed E-state index contributed by atoms with van der Waals surface area (Å²) in [5.74, 6) is 0.663. The lowest BCUT2D eigenvalue weighted by Gasteiger charge is -2.21. The van der Waals surface area contributed by atoms with E-state index in [1.165, 1.54) is 10.7 Å². The van der Waals surface area contributed by atoms with Crippen molar-refractivity contribution in [2.45, 2.75) is 19.4 Å². The number of rotatable bonds is 6. The minimum atomic E-state index is -3.64. The smallest absolute Gasteiger partial charge is 0.247 e. The summed E-state index contributed by atoms with van der Waals surface area (Å²) in [7, 11) is -2.03. The Bertz CT molecular complexity index is 1510. The van der Waals surface area contributed by atoms with Gasteiger partial charge in [0.25, 0.3) is 0 Å². The van der Waals surface area contributed by atoms with E-state index in [0.29, 0.717) is 17.9 Å². The van der Waals surface area contributed by atoms with Crippen molar-refractivity contribution in [1.82, 2.24) is 14.2 Å². The highest BCUT2D eigenvalue weighted by Gasteiger charge is 2.37. The van der Waals surface area contributed by atoms with Gasteiger partial charge in [0.2, 0.25) is 10.0 Å². The maximum Gasteiger partial charge on any atom is 0.247 e. The molecule has 0 amide bonds. The quantitative estimate of drug-likeness (QED) is 0.386. The first kappa shape index (κ1) is 22.9. The van der Waals surface area contributed by atoms with Gasteiger partial charge < -0.3 is 4.74 Å². The first-order chi connectivity index (χ1) is 16.8. The number of para-hydroxylation sites is 2. The molecule has 35 heavy (non-hydrogen) atoms. The molecule has 5 rings (SSSR count). The molecule has 1 aromatic heterocycles. The van der Waals surface area contributed by atoms with Crippen LogP contribution in [0.1, 0.15) is 29.2 Å². The van der Waals surface area contributed by atoms with Gasteiger partial charge >= 0.3 is 0 Å². The average Bonchev–Trinajstić information content (AvgIpc) is 3.50. The van der Waals surface area contributed by atoms with E-state index in [4.69, 9.17) is 9.84 Å². The van der Waals surface area contributed by atoms with E-state index >= 15 is 0 Å². The molecular weight excluding hydrogens is 460 g/mol. The predicted octanol–water partition coefficient (Wildman–Crippen LogP) is 4.97. The minimum Gasteiger partial charge on any atom is -0.496 e. The van der Waals surface area contributed by atoms with Crippen LogP contribution in [0.25, 0.3) is 16.9 Å². The summed E-state index contributed by atoms with van der Waals surface area (Å²) < 4.78 is 34.4. The second kappa shape index (κ2) is 9.03. The molecule has 0 aliphatic carbocycles. The Morgan fingerprint density at radius 3 is 2.43 bits per heavy atom. The molecule has 0 saturated carbocycles. The van der Waals surface area contributed by atoms with Gasteiger partial charge in [-0.2, -0.15) is 14.6 Å². The van der Waals surface area contributed by atoms with Crippen LogP contribution in [-0.2, 0) is 10.0 Å². The summed E-state index contributed by atoms with van der Waals surface area (Å²) in [5, 5.41) is 9.48. The molecule has 2 heterocycles. The van der Waals surface area contributed by atoms with Crippen molar-refractivity contribution in [3.05, 3.63) is 102 Å². The molecule has 0 fully saturated rings. The number of benzene rings is 3. The van der Waals surface area contributed by atoms with Crippen LogP contribution >= 0.6 is 0 Å². The normalized spacial score (nSPS) is 15.8. The standard InChI is InChI=1S/C27H26N4O3S/c1-19-10-9-11-20(16-19)24-17-25(31(28-24)35(3,32)33)23-18-30(21-12-5-4-6-13-21)29-27(23)22-14-7-8-15-26(22)34-2/h4-16,18,25H,17H2,1-3H3/t25-/m1/s1. The Labute approximate surface area is 205 Å². The zero-order chi connectivity index (χ0) is 24.6. The predicted molar refractivity (Wildman–Crippen MR) is 137 cm³/mol. The van der Waals surface area contributed by atoms with Crippen LogP contribution in [0, 0.1) is 6.92 Å².